The standard InChI is InChI=1S/C18H27NO4S/c1-14-12-17(23-3)13-15(2)18(14)24(21,22)19-10-6-4-8-16(19)9-5-7-11-20/h11-13,16H,4-10H2,1-3H3. The number of carbonyl (C=O) groups excluding carboxylic acids is 1. The van der Waals surface area contributed by atoms with Crippen LogP contribution in [-0.2, 0) is 14.8 Å². The maximum atomic E-state index is 13.3. The molecular formula is C18H27NO4S. The summed E-state index contributed by atoms with van der Waals surface area (Å²) < 4.78 is 33.5. The third-order valence-electron chi connectivity index (χ3n) is 4.67. The van der Waals surface area contributed by atoms with Crippen molar-refractivity contribution in [2.24, 2.45) is 0 Å². The Hall–Kier alpha value is -1.40. The Morgan fingerprint density at radius 3 is 2.50 bits per heavy atom. The monoisotopic (exact) mass is 353 g/mol. The molecule has 24 heavy (non-hydrogen) atoms. The summed E-state index contributed by atoms with van der Waals surface area (Å²) in [4.78, 5) is 10.9. The van der Waals surface area contributed by atoms with Gasteiger partial charge in [0.1, 0.15) is 12.0 Å². The van der Waals surface area contributed by atoms with Crippen molar-refractivity contribution in [1.82, 2.24) is 4.31 Å². The van der Waals surface area contributed by atoms with Crippen LogP contribution < -0.4 is 4.74 Å². The van der Waals surface area contributed by atoms with Crippen LogP contribution in [0, 0.1) is 13.8 Å². The minimum absolute atomic E-state index is 0.00963. The van der Waals surface area contributed by atoms with E-state index in [4.69, 9.17) is 4.74 Å². The first-order chi connectivity index (χ1) is 11.4. The number of nitrogens with zero attached hydrogens (tertiary/aromatic N) is 1. The summed E-state index contributed by atoms with van der Waals surface area (Å²) >= 11 is 0. The smallest absolute Gasteiger partial charge is 0.243 e. The van der Waals surface area contributed by atoms with E-state index in [1.165, 1.54) is 0 Å². The number of carbonyl (C=O) groups is 1. The van der Waals surface area contributed by atoms with Crippen molar-refractivity contribution in [2.75, 3.05) is 13.7 Å². The number of hydrogen-bond donors (Lipinski definition) is 0. The van der Waals surface area contributed by atoms with Crippen LogP contribution in [0.5, 0.6) is 5.75 Å². The molecule has 0 aromatic heterocycles. The highest BCUT2D eigenvalue weighted by atomic mass is 32.2. The highest BCUT2D eigenvalue weighted by Crippen LogP contribution is 2.33. The molecular weight excluding hydrogens is 326 g/mol. The van der Waals surface area contributed by atoms with Gasteiger partial charge in [-0.2, -0.15) is 4.31 Å². The third kappa shape index (κ3) is 3.98. The first kappa shape index (κ1) is 18.9. The molecule has 0 saturated carbocycles. The molecule has 134 valence electrons. The zero-order valence-corrected chi connectivity index (χ0v) is 15.6. The van der Waals surface area contributed by atoms with Crippen LogP contribution >= 0.6 is 0 Å². The van der Waals surface area contributed by atoms with Crippen LogP contribution in [-0.4, -0.2) is 38.7 Å². The van der Waals surface area contributed by atoms with E-state index in [0.29, 0.717) is 34.7 Å². The zero-order chi connectivity index (χ0) is 17.7. The van der Waals surface area contributed by atoms with Crippen LogP contribution in [0.2, 0.25) is 0 Å². The Morgan fingerprint density at radius 2 is 1.92 bits per heavy atom. The second kappa shape index (κ2) is 8.12. The summed E-state index contributed by atoms with van der Waals surface area (Å²) in [6.07, 6.45) is 5.67. The van der Waals surface area contributed by atoms with Gasteiger partial charge in [0, 0.05) is 19.0 Å². The Morgan fingerprint density at radius 1 is 1.25 bits per heavy atom. The lowest BCUT2D eigenvalue weighted by atomic mass is 10.00. The summed E-state index contributed by atoms with van der Waals surface area (Å²) in [5.41, 5.74) is 1.42. The molecule has 1 heterocycles. The number of aldehydes is 1. The lowest BCUT2D eigenvalue weighted by Crippen LogP contribution is -2.44. The van der Waals surface area contributed by atoms with E-state index in [-0.39, 0.29) is 6.04 Å². The molecule has 1 unspecified atom stereocenters. The van der Waals surface area contributed by atoms with Crippen molar-refractivity contribution in [2.45, 2.75) is 63.3 Å². The first-order valence-electron chi connectivity index (χ1n) is 8.52. The summed E-state index contributed by atoms with van der Waals surface area (Å²) in [6, 6.07) is 3.53. The molecule has 0 aliphatic carbocycles. The summed E-state index contributed by atoms with van der Waals surface area (Å²) in [7, 11) is -1.97. The Bertz CT molecular complexity index is 661. The lowest BCUT2D eigenvalue weighted by molar-refractivity contribution is -0.108. The second-order valence-corrected chi connectivity index (χ2v) is 8.28. The van der Waals surface area contributed by atoms with E-state index in [1.54, 1.807) is 23.5 Å². The molecule has 0 spiro atoms. The summed E-state index contributed by atoms with van der Waals surface area (Å²) in [6.45, 7) is 4.18. The molecule has 0 N–H and O–H groups in total. The second-order valence-electron chi connectivity index (χ2n) is 6.45. The molecule has 1 aromatic rings. The lowest BCUT2D eigenvalue weighted by Gasteiger charge is -2.35. The quantitative estimate of drug-likeness (QED) is 0.558. The van der Waals surface area contributed by atoms with Crippen LogP contribution in [0.1, 0.15) is 49.7 Å². The molecule has 1 atom stereocenters. The van der Waals surface area contributed by atoms with Gasteiger partial charge in [-0.1, -0.05) is 6.42 Å². The van der Waals surface area contributed by atoms with Crippen LogP contribution in [0.4, 0.5) is 0 Å². The van der Waals surface area contributed by atoms with E-state index >= 15 is 0 Å². The topological polar surface area (TPSA) is 63.7 Å². The number of piperidine rings is 1. The van der Waals surface area contributed by atoms with Crippen molar-refractivity contribution in [3.8, 4) is 5.75 Å². The fourth-order valence-corrected chi connectivity index (χ4v) is 5.71. The van der Waals surface area contributed by atoms with E-state index < -0.39 is 10.0 Å². The average molecular weight is 353 g/mol. The van der Waals surface area contributed by atoms with Crippen molar-refractivity contribution >= 4 is 16.3 Å². The fourth-order valence-electron chi connectivity index (χ4n) is 3.57. The number of hydrogen-bond acceptors (Lipinski definition) is 4. The van der Waals surface area contributed by atoms with Gasteiger partial charge in [-0.15, -0.1) is 0 Å². The number of aryl methyl sites for hydroxylation is 2. The predicted molar refractivity (Wildman–Crippen MR) is 93.9 cm³/mol. The van der Waals surface area contributed by atoms with Crippen LogP contribution in [0.3, 0.4) is 0 Å². The largest absolute Gasteiger partial charge is 0.497 e. The Kier molecular flexibility index (Phi) is 6.40. The van der Waals surface area contributed by atoms with E-state index in [1.807, 2.05) is 13.8 Å². The van der Waals surface area contributed by atoms with Gasteiger partial charge >= 0.3 is 0 Å². The molecule has 5 nitrogen and oxygen atoms in total. The molecule has 0 bridgehead atoms. The predicted octanol–water partition coefficient (Wildman–Crippen LogP) is 3.22. The van der Waals surface area contributed by atoms with Crippen molar-refractivity contribution in [3.63, 3.8) is 0 Å². The van der Waals surface area contributed by atoms with Gasteiger partial charge in [-0.05, 0) is 62.8 Å². The number of benzene rings is 1. The molecule has 1 aliphatic heterocycles. The number of ether oxygens (including phenoxy) is 1. The number of rotatable bonds is 7. The van der Waals surface area contributed by atoms with Crippen molar-refractivity contribution < 1.29 is 17.9 Å². The number of sulfonamides is 1. The van der Waals surface area contributed by atoms with Gasteiger partial charge in [0.15, 0.2) is 0 Å². The van der Waals surface area contributed by atoms with Gasteiger partial charge in [0.25, 0.3) is 0 Å². The summed E-state index contributed by atoms with van der Waals surface area (Å²) in [5.74, 6) is 0.671. The van der Waals surface area contributed by atoms with E-state index in [9.17, 15) is 13.2 Å². The zero-order valence-electron chi connectivity index (χ0n) is 14.7. The van der Waals surface area contributed by atoms with E-state index in [2.05, 4.69) is 0 Å². The Labute approximate surface area is 145 Å². The first-order valence-corrected chi connectivity index (χ1v) is 9.96. The molecule has 6 heteroatoms. The SMILES string of the molecule is COc1cc(C)c(S(=O)(=O)N2CCCCC2CCCC=O)c(C)c1. The number of unbranched alkanes of at least 4 members (excludes halogenated alkanes) is 1. The molecule has 0 amide bonds. The van der Waals surface area contributed by atoms with Gasteiger partial charge in [0.2, 0.25) is 10.0 Å². The molecule has 1 aromatic carbocycles. The van der Waals surface area contributed by atoms with Gasteiger partial charge in [-0.25, -0.2) is 8.42 Å². The third-order valence-corrected chi connectivity index (χ3v) is 6.93. The molecule has 0 radical (unpaired) electrons. The summed E-state index contributed by atoms with van der Waals surface area (Å²) in [5, 5.41) is 0. The number of methoxy groups -OCH3 is 1. The normalized spacial score (nSPS) is 19.2. The van der Waals surface area contributed by atoms with Crippen LogP contribution in [0.15, 0.2) is 17.0 Å². The van der Waals surface area contributed by atoms with E-state index in [0.717, 1.165) is 38.4 Å². The highest BCUT2D eigenvalue weighted by molar-refractivity contribution is 7.89. The average Bonchev–Trinajstić information content (AvgIpc) is 2.54. The van der Waals surface area contributed by atoms with Crippen molar-refractivity contribution in [3.05, 3.63) is 23.3 Å². The molecule has 1 fully saturated rings. The fraction of sp³-hybridized carbons (Fsp3) is 0.611. The molecule has 1 aliphatic rings. The van der Waals surface area contributed by atoms with Crippen molar-refractivity contribution in [1.29, 1.82) is 0 Å². The molecule has 1 saturated heterocycles. The van der Waals surface area contributed by atoms with Gasteiger partial charge < -0.3 is 9.53 Å². The Balaban J connectivity index is 2.35. The molecule has 2 rings (SSSR count). The highest BCUT2D eigenvalue weighted by Gasteiger charge is 2.35. The maximum absolute atomic E-state index is 13.3. The van der Waals surface area contributed by atoms with Crippen LogP contribution in [0.25, 0.3) is 0 Å². The maximum Gasteiger partial charge on any atom is 0.243 e. The minimum Gasteiger partial charge on any atom is -0.497 e. The van der Waals surface area contributed by atoms with Gasteiger partial charge in [-0.3, -0.25) is 0 Å². The minimum atomic E-state index is -3.55. The van der Waals surface area contributed by atoms with Gasteiger partial charge in [0.05, 0.1) is 12.0 Å².